The minimum absolute atomic E-state index is 0.147. The Bertz CT molecular complexity index is 451. The van der Waals surface area contributed by atoms with Crippen LogP contribution in [0.1, 0.15) is 26.3 Å². The Morgan fingerprint density at radius 1 is 1.29 bits per heavy atom. The highest BCUT2D eigenvalue weighted by atomic mass is 32.2. The second-order valence-electron chi connectivity index (χ2n) is 4.72. The summed E-state index contributed by atoms with van der Waals surface area (Å²) in [6.45, 7) is 10.2. The molecule has 0 radical (unpaired) electrons. The normalized spacial score (nSPS) is 10.9. The summed E-state index contributed by atoms with van der Waals surface area (Å²) < 4.78 is 0. The van der Waals surface area contributed by atoms with Crippen molar-refractivity contribution in [2.45, 2.75) is 26.5 Å². The number of hydrogen-bond acceptors (Lipinski definition) is 5. The van der Waals surface area contributed by atoms with E-state index < -0.39 is 0 Å². The van der Waals surface area contributed by atoms with Crippen molar-refractivity contribution in [2.75, 3.05) is 37.2 Å². The summed E-state index contributed by atoms with van der Waals surface area (Å²) in [6.07, 6.45) is 0. The van der Waals surface area contributed by atoms with Crippen LogP contribution in [0.25, 0.3) is 0 Å². The molecule has 0 spiro atoms. The maximum atomic E-state index is 11.0. The SMILES string of the molecule is CCNc1cc(CSCCN(CC)CC)ccc1[N+](=O)[O-]. The molecule has 6 heteroatoms. The molecule has 0 aromatic heterocycles. The van der Waals surface area contributed by atoms with Crippen molar-refractivity contribution in [1.82, 2.24) is 4.90 Å². The van der Waals surface area contributed by atoms with Gasteiger partial charge in [0.2, 0.25) is 0 Å². The number of nitro benzene ring substituents is 1. The molecule has 0 heterocycles. The van der Waals surface area contributed by atoms with Crippen LogP contribution in [0.5, 0.6) is 0 Å². The van der Waals surface area contributed by atoms with Crippen LogP contribution in [0, 0.1) is 10.1 Å². The molecule has 0 aliphatic rings. The smallest absolute Gasteiger partial charge is 0.292 e. The summed E-state index contributed by atoms with van der Waals surface area (Å²) >= 11 is 1.87. The fraction of sp³-hybridized carbons (Fsp3) is 0.600. The first-order valence-corrected chi connectivity index (χ1v) is 8.59. The van der Waals surface area contributed by atoms with Crippen LogP contribution in [0.4, 0.5) is 11.4 Å². The van der Waals surface area contributed by atoms with Crippen molar-refractivity contribution < 1.29 is 4.92 Å². The molecule has 1 aromatic carbocycles. The molecule has 0 atom stereocenters. The van der Waals surface area contributed by atoms with Crippen LogP contribution >= 0.6 is 11.8 Å². The Kier molecular flexibility index (Phi) is 8.15. The van der Waals surface area contributed by atoms with Crippen LogP contribution in [0.15, 0.2) is 18.2 Å². The van der Waals surface area contributed by atoms with E-state index in [-0.39, 0.29) is 10.6 Å². The molecule has 1 rings (SSSR count). The summed E-state index contributed by atoms with van der Waals surface area (Å²) in [4.78, 5) is 13.0. The Balaban J connectivity index is 2.56. The van der Waals surface area contributed by atoms with E-state index in [9.17, 15) is 10.1 Å². The van der Waals surface area contributed by atoms with E-state index in [1.54, 1.807) is 6.07 Å². The van der Waals surface area contributed by atoms with Crippen LogP contribution < -0.4 is 5.32 Å². The zero-order chi connectivity index (χ0) is 15.7. The molecule has 0 amide bonds. The molecule has 0 saturated heterocycles. The van der Waals surface area contributed by atoms with Gasteiger partial charge in [-0.05, 0) is 31.6 Å². The van der Waals surface area contributed by atoms with E-state index in [1.807, 2.05) is 30.8 Å². The van der Waals surface area contributed by atoms with Gasteiger partial charge >= 0.3 is 0 Å². The average molecular weight is 311 g/mol. The molecule has 118 valence electrons. The van der Waals surface area contributed by atoms with Gasteiger partial charge in [0.05, 0.1) is 4.92 Å². The molecule has 0 aliphatic carbocycles. The van der Waals surface area contributed by atoms with Gasteiger partial charge in [-0.3, -0.25) is 10.1 Å². The molecule has 1 N–H and O–H groups in total. The predicted molar refractivity (Wildman–Crippen MR) is 91.2 cm³/mol. The van der Waals surface area contributed by atoms with Gasteiger partial charge in [-0.25, -0.2) is 0 Å². The lowest BCUT2D eigenvalue weighted by atomic mass is 10.2. The zero-order valence-corrected chi connectivity index (χ0v) is 13.9. The van der Waals surface area contributed by atoms with Gasteiger partial charge in [-0.2, -0.15) is 11.8 Å². The lowest BCUT2D eigenvalue weighted by molar-refractivity contribution is -0.384. The standard InChI is InChI=1S/C15H25N3O2S/c1-4-16-14-11-13(7-8-15(14)18(19)20)12-21-10-9-17(5-2)6-3/h7-8,11,16H,4-6,9-10,12H2,1-3H3. The maximum absolute atomic E-state index is 11.0. The molecule has 0 unspecified atom stereocenters. The van der Waals surface area contributed by atoms with Gasteiger partial charge in [0.1, 0.15) is 5.69 Å². The van der Waals surface area contributed by atoms with Crippen molar-refractivity contribution in [3.63, 3.8) is 0 Å². The second-order valence-corrected chi connectivity index (χ2v) is 5.82. The first-order valence-electron chi connectivity index (χ1n) is 7.43. The fourth-order valence-corrected chi connectivity index (χ4v) is 3.03. The molecule has 0 aliphatic heterocycles. The molecule has 0 bridgehead atoms. The van der Waals surface area contributed by atoms with Gasteiger partial charge in [-0.15, -0.1) is 0 Å². The Morgan fingerprint density at radius 3 is 2.57 bits per heavy atom. The third kappa shape index (κ3) is 5.93. The number of rotatable bonds is 10. The number of nitro groups is 1. The van der Waals surface area contributed by atoms with Gasteiger partial charge in [-0.1, -0.05) is 19.9 Å². The van der Waals surface area contributed by atoms with Gasteiger partial charge in [0.25, 0.3) is 5.69 Å². The number of hydrogen-bond donors (Lipinski definition) is 1. The van der Waals surface area contributed by atoms with E-state index in [0.29, 0.717) is 12.2 Å². The van der Waals surface area contributed by atoms with Gasteiger partial charge < -0.3 is 10.2 Å². The first kappa shape index (κ1) is 17.8. The largest absolute Gasteiger partial charge is 0.380 e. The monoisotopic (exact) mass is 311 g/mol. The Hall–Kier alpha value is -1.27. The van der Waals surface area contributed by atoms with E-state index in [4.69, 9.17) is 0 Å². The highest BCUT2D eigenvalue weighted by Gasteiger charge is 2.13. The Morgan fingerprint density at radius 2 is 2.00 bits per heavy atom. The third-order valence-electron chi connectivity index (χ3n) is 3.34. The lowest BCUT2D eigenvalue weighted by Crippen LogP contribution is -2.25. The first-order chi connectivity index (χ1) is 10.1. The van der Waals surface area contributed by atoms with E-state index >= 15 is 0 Å². The number of anilines is 1. The fourth-order valence-electron chi connectivity index (χ4n) is 2.09. The Labute approximate surface area is 131 Å². The minimum atomic E-state index is -0.338. The second kappa shape index (κ2) is 9.63. The summed E-state index contributed by atoms with van der Waals surface area (Å²) in [5, 5.41) is 14.0. The molecular weight excluding hydrogens is 286 g/mol. The van der Waals surface area contributed by atoms with Crippen molar-refractivity contribution in [2.24, 2.45) is 0 Å². The van der Waals surface area contributed by atoms with E-state index in [0.717, 1.165) is 36.7 Å². The molecule has 5 nitrogen and oxygen atoms in total. The highest BCUT2D eigenvalue weighted by Crippen LogP contribution is 2.27. The molecular formula is C15H25N3O2S. The maximum Gasteiger partial charge on any atom is 0.292 e. The molecule has 0 saturated carbocycles. The molecule has 1 aromatic rings. The van der Waals surface area contributed by atoms with Crippen molar-refractivity contribution in [3.8, 4) is 0 Å². The van der Waals surface area contributed by atoms with E-state index in [2.05, 4.69) is 24.1 Å². The van der Waals surface area contributed by atoms with Crippen LogP contribution in [0.3, 0.4) is 0 Å². The zero-order valence-electron chi connectivity index (χ0n) is 13.1. The van der Waals surface area contributed by atoms with Crippen LogP contribution in [0.2, 0.25) is 0 Å². The van der Waals surface area contributed by atoms with Gasteiger partial charge in [0, 0.05) is 30.7 Å². The third-order valence-corrected chi connectivity index (χ3v) is 4.35. The quantitative estimate of drug-likeness (QED) is 0.406. The summed E-state index contributed by atoms with van der Waals surface area (Å²) in [7, 11) is 0. The van der Waals surface area contributed by atoms with E-state index in [1.165, 1.54) is 0 Å². The van der Waals surface area contributed by atoms with Crippen LogP contribution in [-0.2, 0) is 5.75 Å². The number of nitrogens with zero attached hydrogens (tertiary/aromatic N) is 2. The van der Waals surface area contributed by atoms with Gasteiger partial charge in [0.15, 0.2) is 0 Å². The molecule has 0 fully saturated rings. The average Bonchev–Trinajstić information content (AvgIpc) is 2.47. The number of nitrogens with one attached hydrogen (secondary N) is 1. The lowest BCUT2D eigenvalue weighted by Gasteiger charge is -2.17. The van der Waals surface area contributed by atoms with Crippen molar-refractivity contribution >= 4 is 23.1 Å². The summed E-state index contributed by atoms with van der Waals surface area (Å²) in [6, 6.07) is 5.34. The van der Waals surface area contributed by atoms with Crippen LogP contribution in [-0.4, -0.2) is 41.8 Å². The van der Waals surface area contributed by atoms with Crippen molar-refractivity contribution in [1.29, 1.82) is 0 Å². The topological polar surface area (TPSA) is 58.4 Å². The minimum Gasteiger partial charge on any atom is -0.380 e. The van der Waals surface area contributed by atoms with Crippen molar-refractivity contribution in [3.05, 3.63) is 33.9 Å². The summed E-state index contributed by atoms with van der Waals surface area (Å²) in [5.74, 6) is 1.97. The predicted octanol–water partition coefficient (Wildman–Crippen LogP) is 3.60. The summed E-state index contributed by atoms with van der Waals surface area (Å²) in [5.41, 5.74) is 1.89. The molecule has 21 heavy (non-hydrogen) atoms. The number of benzene rings is 1. The number of thioether (sulfide) groups is 1. The highest BCUT2D eigenvalue weighted by molar-refractivity contribution is 7.98.